The summed E-state index contributed by atoms with van der Waals surface area (Å²) < 4.78 is 69.7. The zero-order valence-electron chi connectivity index (χ0n) is 16.7. The largest absolute Gasteiger partial charge is 0.285 e. The highest BCUT2D eigenvalue weighted by Gasteiger charge is 2.32. The molecule has 0 saturated heterocycles. The Bertz CT molecular complexity index is 1350. The van der Waals surface area contributed by atoms with Crippen LogP contribution in [0.1, 0.15) is 32.8 Å². The van der Waals surface area contributed by atoms with Crippen molar-refractivity contribution in [3.63, 3.8) is 0 Å². The lowest BCUT2D eigenvalue weighted by Gasteiger charge is -2.21. The molecule has 0 fully saturated rings. The Labute approximate surface area is 186 Å². The predicted octanol–water partition coefficient (Wildman–Crippen LogP) is 4.79. The van der Waals surface area contributed by atoms with E-state index in [0.29, 0.717) is 33.0 Å². The number of hydrogen-bond acceptors (Lipinski definition) is 4. The Kier molecular flexibility index (Phi) is 5.87. The van der Waals surface area contributed by atoms with Crippen LogP contribution < -0.4 is 0 Å². The third kappa shape index (κ3) is 4.31. The summed E-state index contributed by atoms with van der Waals surface area (Å²) in [7, 11) is -9.09. The van der Waals surface area contributed by atoms with Crippen LogP contribution in [0.5, 0.6) is 0 Å². The minimum atomic E-state index is -4.54. The van der Waals surface area contributed by atoms with Gasteiger partial charge in [0, 0.05) is 0 Å². The molecule has 4 aromatic rings. The smallest absolute Gasteiger partial charge is 0.276 e. The van der Waals surface area contributed by atoms with Crippen LogP contribution in [0.25, 0.3) is 10.8 Å². The van der Waals surface area contributed by atoms with Crippen LogP contribution in [0.3, 0.4) is 0 Å². The lowest BCUT2D eigenvalue weighted by molar-refractivity contribution is 0.472. The van der Waals surface area contributed by atoms with Gasteiger partial charge < -0.3 is 0 Å². The normalized spacial score (nSPS) is 14.2. The van der Waals surface area contributed by atoms with Crippen LogP contribution in [0.4, 0.5) is 0 Å². The maximum absolute atomic E-state index is 12.4. The van der Waals surface area contributed by atoms with Gasteiger partial charge in [-0.3, -0.25) is 9.11 Å². The van der Waals surface area contributed by atoms with E-state index in [1.165, 1.54) is 12.1 Å². The summed E-state index contributed by atoms with van der Waals surface area (Å²) in [5.74, 6) is 0. The summed E-state index contributed by atoms with van der Waals surface area (Å²) in [4.78, 5) is 0. The van der Waals surface area contributed by atoms with Crippen molar-refractivity contribution in [3.8, 4) is 0 Å². The Morgan fingerprint density at radius 2 is 0.781 bits per heavy atom. The first kappa shape index (κ1) is 22.2. The first-order chi connectivity index (χ1) is 15.2. The molecule has 0 aromatic heterocycles. The SMILES string of the molecule is O=S(=O)(O)C(c1ccccc1)c1ccc(C(c2ccccc2)S(=O)(=O)O)c2ccccc12. The van der Waals surface area contributed by atoms with Gasteiger partial charge in [-0.2, -0.15) is 16.8 Å². The molecule has 0 bridgehead atoms. The van der Waals surface area contributed by atoms with E-state index in [4.69, 9.17) is 0 Å². The third-order valence-electron chi connectivity index (χ3n) is 5.36. The number of hydrogen-bond donors (Lipinski definition) is 2. The molecular formula is C24H20O6S2. The summed E-state index contributed by atoms with van der Waals surface area (Å²) in [6.07, 6.45) is 0. The minimum Gasteiger partial charge on any atom is -0.285 e. The van der Waals surface area contributed by atoms with Crippen molar-refractivity contribution in [2.75, 3.05) is 0 Å². The fourth-order valence-electron chi connectivity index (χ4n) is 4.08. The maximum Gasteiger partial charge on any atom is 0.276 e. The van der Waals surface area contributed by atoms with Gasteiger partial charge in [0.05, 0.1) is 0 Å². The molecule has 8 heteroatoms. The topological polar surface area (TPSA) is 109 Å². The van der Waals surface area contributed by atoms with Crippen molar-refractivity contribution < 1.29 is 25.9 Å². The van der Waals surface area contributed by atoms with Crippen LogP contribution >= 0.6 is 0 Å². The van der Waals surface area contributed by atoms with Gasteiger partial charge in [-0.1, -0.05) is 97.1 Å². The van der Waals surface area contributed by atoms with Gasteiger partial charge in [0.15, 0.2) is 0 Å². The van der Waals surface area contributed by atoms with Crippen molar-refractivity contribution >= 4 is 31.0 Å². The highest BCUT2D eigenvalue weighted by atomic mass is 32.2. The average Bonchev–Trinajstić information content (AvgIpc) is 2.75. The van der Waals surface area contributed by atoms with Gasteiger partial charge in [0.1, 0.15) is 10.5 Å². The van der Waals surface area contributed by atoms with Gasteiger partial charge in [0.25, 0.3) is 20.2 Å². The fourth-order valence-corrected chi connectivity index (χ4v) is 6.14. The van der Waals surface area contributed by atoms with E-state index in [1.807, 2.05) is 0 Å². The van der Waals surface area contributed by atoms with Gasteiger partial charge in [-0.05, 0) is 33.0 Å². The molecule has 0 saturated carbocycles. The zero-order valence-corrected chi connectivity index (χ0v) is 18.4. The third-order valence-corrected chi connectivity index (χ3v) is 7.60. The predicted molar refractivity (Wildman–Crippen MR) is 124 cm³/mol. The molecule has 4 aromatic carbocycles. The Hall–Kier alpha value is -3.04. The first-order valence-corrected chi connectivity index (χ1v) is 12.7. The van der Waals surface area contributed by atoms with Crippen molar-refractivity contribution in [3.05, 3.63) is 119 Å². The molecule has 0 spiro atoms. The molecule has 0 heterocycles. The van der Waals surface area contributed by atoms with Crippen molar-refractivity contribution in [2.45, 2.75) is 10.5 Å². The highest BCUT2D eigenvalue weighted by Crippen LogP contribution is 2.40. The van der Waals surface area contributed by atoms with Gasteiger partial charge in [0.2, 0.25) is 0 Å². The fraction of sp³-hybridized carbons (Fsp3) is 0.0833. The highest BCUT2D eigenvalue weighted by molar-refractivity contribution is 7.86. The molecule has 0 aliphatic rings. The van der Waals surface area contributed by atoms with Crippen LogP contribution in [-0.4, -0.2) is 25.9 Å². The molecule has 164 valence electrons. The lowest BCUT2D eigenvalue weighted by Crippen LogP contribution is -2.16. The van der Waals surface area contributed by atoms with E-state index in [9.17, 15) is 25.9 Å². The van der Waals surface area contributed by atoms with Crippen LogP contribution in [0.15, 0.2) is 97.1 Å². The van der Waals surface area contributed by atoms with Gasteiger partial charge in [-0.25, -0.2) is 0 Å². The van der Waals surface area contributed by atoms with E-state index in [-0.39, 0.29) is 0 Å². The van der Waals surface area contributed by atoms with Gasteiger partial charge in [-0.15, -0.1) is 0 Å². The van der Waals surface area contributed by atoms with E-state index >= 15 is 0 Å². The average molecular weight is 469 g/mol. The summed E-state index contributed by atoms with van der Waals surface area (Å²) in [5.41, 5.74) is 1.37. The van der Waals surface area contributed by atoms with E-state index < -0.39 is 30.7 Å². The van der Waals surface area contributed by atoms with Gasteiger partial charge >= 0.3 is 0 Å². The van der Waals surface area contributed by atoms with E-state index in [2.05, 4.69) is 0 Å². The van der Waals surface area contributed by atoms with Crippen LogP contribution in [0, 0.1) is 0 Å². The molecule has 2 atom stereocenters. The summed E-state index contributed by atoms with van der Waals surface area (Å²) in [6, 6.07) is 26.3. The van der Waals surface area contributed by atoms with Crippen LogP contribution in [-0.2, 0) is 20.2 Å². The summed E-state index contributed by atoms with van der Waals surface area (Å²) >= 11 is 0. The number of fused-ring (bicyclic) bond motifs is 1. The monoisotopic (exact) mass is 468 g/mol. The quantitative estimate of drug-likeness (QED) is 0.394. The first-order valence-electron chi connectivity index (χ1n) is 9.72. The van der Waals surface area contributed by atoms with Crippen LogP contribution in [0.2, 0.25) is 0 Å². The standard InChI is InChI=1S/C24H20O6S2/c25-31(26,27)23(17-9-3-1-4-10-17)21-15-16-22(20-14-8-7-13-19(20)21)24(32(28,29)30)18-11-5-2-6-12-18/h1-16,23-24H,(H,25,26,27)(H,28,29,30). The number of rotatable bonds is 6. The molecule has 0 aliphatic carbocycles. The van der Waals surface area contributed by atoms with Crippen molar-refractivity contribution in [1.29, 1.82) is 0 Å². The van der Waals surface area contributed by atoms with Crippen molar-refractivity contribution in [2.24, 2.45) is 0 Å². The number of benzene rings is 4. The molecule has 0 aliphatic heterocycles. The lowest BCUT2D eigenvalue weighted by atomic mass is 9.92. The second-order valence-corrected chi connectivity index (χ2v) is 10.4. The summed E-state index contributed by atoms with van der Waals surface area (Å²) in [5, 5.41) is -1.80. The molecule has 0 radical (unpaired) electrons. The Morgan fingerprint density at radius 3 is 1.09 bits per heavy atom. The van der Waals surface area contributed by atoms with E-state index in [1.54, 1.807) is 84.9 Å². The maximum atomic E-state index is 12.4. The second kappa shape index (κ2) is 8.48. The minimum absolute atomic E-state index is 0.306. The molecule has 32 heavy (non-hydrogen) atoms. The van der Waals surface area contributed by atoms with Crippen molar-refractivity contribution in [1.82, 2.24) is 0 Å². The molecule has 0 amide bonds. The molecule has 2 N–H and O–H groups in total. The second-order valence-electron chi connectivity index (χ2n) is 7.40. The zero-order chi connectivity index (χ0) is 22.9. The molecule has 4 rings (SSSR count). The Morgan fingerprint density at radius 1 is 0.469 bits per heavy atom. The van der Waals surface area contributed by atoms with E-state index in [0.717, 1.165) is 0 Å². The molecular weight excluding hydrogens is 448 g/mol. The molecule has 6 nitrogen and oxygen atoms in total. The Balaban J connectivity index is 2.02. The summed E-state index contributed by atoms with van der Waals surface area (Å²) in [6.45, 7) is 0. The molecule has 2 unspecified atom stereocenters.